The predicted molar refractivity (Wildman–Crippen MR) is 89.4 cm³/mol. The van der Waals surface area contributed by atoms with E-state index in [-0.39, 0.29) is 12.3 Å². The average molecular weight is 325 g/mol. The maximum Gasteiger partial charge on any atom is 0.310 e. The normalized spacial score (nSPS) is 15.4. The van der Waals surface area contributed by atoms with Crippen molar-refractivity contribution in [1.29, 1.82) is 0 Å². The van der Waals surface area contributed by atoms with Crippen LogP contribution < -0.4 is 5.32 Å². The molecule has 0 spiro atoms. The van der Waals surface area contributed by atoms with E-state index >= 15 is 0 Å². The highest BCUT2D eigenvalue weighted by molar-refractivity contribution is 5.95. The number of carbonyl (C=O) groups excluding carboxylic acids is 1. The summed E-state index contributed by atoms with van der Waals surface area (Å²) in [7, 11) is 0. The van der Waals surface area contributed by atoms with Crippen LogP contribution in [0.15, 0.2) is 36.5 Å². The van der Waals surface area contributed by atoms with Crippen molar-refractivity contribution >= 4 is 17.6 Å². The van der Waals surface area contributed by atoms with Gasteiger partial charge in [-0.1, -0.05) is 18.6 Å². The fourth-order valence-electron chi connectivity index (χ4n) is 2.96. The third-order valence-electron chi connectivity index (χ3n) is 4.48. The van der Waals surface area contributed by atoms with Gasteiger partial charge in [-0.2, -0.15) is 0 Å². The third-order valence-corrected chi connectivity index (χ3v) is 4.48. The molecule has 0 atom stereocenters. The number of carboxylic acid groups (broad SMARTS) is 1. The molecule has 1 saturated carbocycles. The van der Waals surface area contributed by atoms with Gasteiger partial charge < -0.3 is 10.4 Å². The lowest BCUT2D eigenvalue weighted by molar-refractivity contribution is -0.157. The minimum atomic E-state index is -0.883. The van der Waals surface area contributed by atoms with E-state index in [0.717, 1.165) is 17.7 Å². The van der Waals surface area contributed by atoms with E-state index in [1.54, 1.807) is 12.3 Å². The molecule has 6 nitrogen and oxygen atoms in total. The number of hydrogen-bond donors (Lipinski definition) is 2. The van der Waals surface area contributed by atoms with Gasteiger partial charge in [-0.3, -0.25) is 9.59 Å². The number of nitrogens with zero attached hydrogens (tertiary/aromatic N) is 2. The van der Waals surface area contributed by atoms with E-state index in [1.807, 2.05) is 31.2 Å². The number of carbonyl (C=O) groups is 2. The Hall–Kier alpha value is -2.76. The van der Waals surface area contributed by atoms with Crippen molar-refractivity contribution in [3.63, 3.8) is 0 Å². The quantitative estimate of drug-likeness (QED) is 0.881. The molecule has 124 valence electrons. The van der Waals surface area contributed by atoms with E-state index in [0.29, 0.717) is 24.4 Å². The van der Waals surface area contributed by atoms with Crippen LogP contribution >= 0.6 is 0 Å². The van der Waals surface area contributed by atoms with Gasteiger partial charge in [0, 0.05) is 23.9 Å². The number of aromatic nitrogens is 2. The molecule has 0 bridgehead atoms. The molecule has 0 saturated heterocycles. The van der Waals surface area contributed by atoms with Crippen LogP contribution in [0.2, 0.25) is 0 Å². The fraction of sp³-hybridized carbons (Fsp3) is 0.333. The molecule has 24 heavy (non-hydrogen) atoms. The number of carboxylic acids is 1. The maximum atomic E-state index is 12.2. The first-order valence-electron chi connectivity index (χ1n) is 7.92. The van der Waals surface area contributed by atoms with Gasteiger partial charge >= 0.3 is 5.97 Å². The molecule has 1 fully saturated rings. The molecule has 2 N–H and O–H groups in total. The van der Waals surface area contributed by atoms with Crippen LogP contribution in [0.4, 0.5) is 5.69 Å². The highest BCUT2D eigenvalue weighted by atomic mass is 16.4. The summed E-state index contributed by atoms with van der Waals surface area (Å²) in [6.07, 6.45) is 3.70. The molecule has 1 aliphatic carbocycles. The number of rotatable bonds is 5. The number of amides is 1. The zero-order valence-electron chi connectivity index (χ0n) is 13.5. The Morgan fingerprint density at radius 3 is 2.71 bits per heavy atom. The topological polar surface area (TPSA) is 92.2 Å². The molecule has 2 aromatic rings. The van der Waals surface area contributed by atoms with Crippen molar-refractivity contribution < 1.29 is 14.7 Å². The molecule has 1 aromatic heterocycles. The second kappa shape index (κ2) is 6.39. The molecule has 0 aliphatic heterocycles. The molecule has 6 heteroatoms. The average Bonchev–Trinajstić information content (AvgIpc) is 2.51. The highest BCUT2D eigenvalue weighted by Crippen LogP contribution is 2.44. The molecule has 1 heterocycles. The lowest BCUT2D eigenvalue weighted by atomic mass is 9.66. The Labute approximate surface area is 140 Å². The van der Waals surface area contributed by atoms with E-state index in [9.17, 15) is 14.7 Å². The summed E-state index contributed by atoms with van der Waals surface area (Å²) in [6.45, 7) is 1.82. The number of anilines is 1. The molecule has 1 amide bonds. The molecule has 1 aliphatic rings. The lowest BCUT2D eigenvalue weighted by Crippen LogP contribution is -2.41. The summed E-state index contributed by atoms with van der Waals surface area (Å²) in [4.78, 5) is 32.0. The Morgan fingerprint density at radius 1 is 1.29 bits per heavy atom. The lowest BCUT2D eigenvalue weighted by Gasteiger charge is -2.36. The van der Waals surface area contributed by atoms with Crippen LogP contribution in [-0.2, 0) is 9.59 Å². The van der Waals surface area contributed by atoms with Crippen LogP contribution in [0.1, 0.15) is 31.5 Å². The minimum Gasteiger partial charge on any atom is -0.481 e. The molecule has 0 radical (unpaired) electrons. The number of aliphatic carboxylic acids is 1. The molecular formula is C18H19N3O3. The van der Waals surface area contributed by atoms with Gasteiger partial charge in [-0.25, -0.2) is 9.97 Å². The second-order valence-electron chi connectivity index (χ2n) is 6.23. The standard InChI is InChI=1S/C18H19N3O3/c1-12-19-9-6-15(20-12)13-4-2-5-14(10-13)21-16(22)11-18(17(23)24)7-3-8-18/h2,4-6,9-10H,3,7-8,11H2,1H3,(H,21,22)(H,23,24). The Bertz CT molecular complexity index is 785. The molecule has 1 aromatic carbocycles. The minimum absolute atomic E-state index is 0.0131. The molecule has 0 unspecified atom stereocenters. The van der Waals surface area contributed by atoms with Gasteiger partial charge in [-0.05, 0) is 38.0 Å². The summed E-state index contributed by atoms with van der Waals surface area (Å²) in [6, 6.07) is 9.15. The Morgan fingerprint density at radius 2 is 2.08 bits per heavy atom. The zero-order valence-corrected chi connectivity index (χ0v) is 13.5. The van der Waals surface area contributed by atoms with Gasteiger partial charge in [0.25, 0.3) is 0 Å². The van der Waals surface area contributed by atoms with Crippen molar-refractivity contribution in [2.24, 2.45) is 5.41 Å². The summed E-state index contributed by atoms with van der Waals surface area (Å²) in [5.41, 5.74) is 1.40. The van der Waals surface area contributed by atoms with Crippen LogP contribution in [0.5, 0.6) is 0 Å². The molecule has 3 rings (SSSR count). The van der Waals surface area contributed by atoms with E-state index < -0.39 is 11.4 Å². The highest BCUT2D eigenvalue weighted by Gasteiger charge is 2.45. The number of benzene rings is 1. The van der Waals surface area contributed by atoms with Gasteiger partial charge in [0.1, 0.15) is 5.82 Å². The van der Waals surface area contributed by atoms with Gasteiger partial charge in [0.05, 0.1) is 11.1 Å². The molecular weight excluding hydrogens is 306 g/mol. The number of aryl methyl sites for hydroxylation is 1. The Kier molecular flexibility index (Phi) is 4.29. The van der Waals surface area contributed by atoms with Crippen molar-refractivity contribution in [3.05, 3.63) is 42.4 Å². The second-order valence-corrected chi connectivity index (χ2v) is 6.23. The summed E-state index contributed by atoms with van der Waals surface area (Å²) in [5.74, 6) is -0.474. The Balaban J connectivity index is 1.73. The van der Waals surface area contributed by atoms with Crippen molar-refractivity contribution in [1.82, 2.24) is 9.97 Å². The van der Waals surface area contributed by atoms with Crippen LogP contribution in [-0.4, -0.2) is 27.0 Å². The maximum absolute atomic E-state index is 12.2. The summed E-state index contributed by atoms with van der Waals surface area (Å²) in [5, 5.41) is 12.1. The van der Waals surface area contributed by atoms with Gasteiger partial charge in [-0.15, -0.1) is 0 Å². The summed E-state index contributed by atoms with van der Waals surface area (Å²) >= 11 is 0. The third kappa shape index (κ3) is 3.27. The van der Waals surface area contributed by atoms with E-state index in [4.69, 9.17) is 0 Å². The van der Waals surface area contributed by atoms with Crippen molar-refractivity contribution in [2.45, 2.75) is 32.6 Å². The smallest absolute Gasteiger partial charge is 0.310 e. The summed E-state index contributed by atoms with van der Waals surface area (Å²) < 4.78 is 0. The number of nitrogens with one attached hydrogen (secondary N) is 1. The first kappa shape index (κ1) is 16.1. The SMILES string of the molecule is Cc1nccc(-c2cccc(NC(=O)CC3(C(=O)O)CCC3)c2)n1. The fourth-order valence-corrected chi connectivity index (χ4v) is 2.96. The van der Waals surface area contributed by atoms with Crippen molar-refractivity contribution in [2.75, 3.05) is 5.32 Å². The first-order valence-corrected chi connectivity index (χ1v) is 7.92. The van der Waals surface area contributed by atoms with Crippen LogP contribution in [0.25, 0.3) is 11.3 Å². The van der Waals surface area contributed by atoms with Gasteiger partial charge in [0.15, 0.2) is 0 Å². The van der Waals surface area contributed by atoms with E-state index in [2.05, 4.69) is 15.3 Å². The monoisotopic (exact) mass is 325 g/mol. The van der Waals surface area contributed by atoms with E-state index in [1.165, 1.54) is 0 Å². The van der Waals surface area contributed by atoms with Crippen molar-refractivity contribution in [3.8, 4) is 11.3 Å². The number of hydrogen-bond acceptors (Lipinski definition) is 4. The van der Waals surface area contributed by atoms with Crippen LogP contribution in [0.3, 0.4) is 0 Å². The zero-order chi connectivity index (χ0) is 17.2. The largest absolute Gasteiger partial charge is 0.481 e. The van der Waals surface area contributed by atoms with Gasteiger partial charge in [0.2, 0.25) is 5.91 Å². The predicted octanol–water partition coefficient (Wildman–Crippen LogP) is 3.04. The van der Waals surface area contributed by atoms with Crippen LogP contribution in [0, 0.1) is 12.3 Å². The first-order chi connectivity index (χ1) is 11.5.